The van der Waals surface area contributed by atoms with Gasteiger partial charge in [0.2, 0.25) is 5.89 Å². The van der Waals surface area contributed by atoms with Gasteiger partial charge in [-0.25, -0.2) is 4.98 Å². The number of furan rings is 1. The Balaban J connectivity index is 0.997. The van der Waals surface area contributed by atoms with Crippen LogP contribution in [0.4, 0.5) is 17.1 Å². The maximum atomic E-state index is 6.64. The van der Waals surface area contributed by atoms with Crippen LogP contribution in [0.2, 0.25) is 0 Å². The van der Waals surface area contributed by atoms with Gasteiger partial charge in [-0.05, 0) is 128 Å². The first kappa shape index (κ1) is 29.5. The third-order valence-electron chi connectivity index (χ3n) is 10.4. The molecule has 0 fully saturated rings. The standard InChI is InChI=1S/C49H30N2O2/c1-2-10-36-27-40(20-17-31(36)7-1)51(41-21-18-37-25-34-8-3-4-9-35(34)26-39(37)28-41)42-22-24-44-43-23-19-38(29-47(43)52-48(44)30-42)32-13-15-33(16-14-32)49-50-45-11-5-6-12-46(45)53-49/h1-30H. The first-order valence-electron chi connectivity index (χ1n) is 17.8. The molecule has 11 rings (SSSR count). The molecule has 2 heterocycles. The lowest BCUT2D eigenvalue weighted by Crippen LogP contribution is -2.09. The SMILES string of the molecule is c1ccc2cc(N(c3ccc4cc5ccccc5cc4c3)c3ccc4c(c3)oc3cc(-c5ccc(-c6nc7ccccc7o6)cc5)ccc34)ccc2c1. The van der Waals surface area contributed by atoms with Gasteiger partial charge in [-0.15, -0.1) is 0 Å². The van der Waals surface area contributed by atoms with Crippen molar-refractivity contribution in [3.8, 4) is 22.6 Å². The smallest absolute Gasteiger partial charge is 0.227 e. The van der Waals surface area contributed by atoms with E-state index in [1.807, 2.05) is 24.3 Å². The summed E-state index contributed by atoms with van der Waals surface area (Å²) in [6.45, 7) is 0. The molecular formula is C49H30N2O2. The monoisotopic (exact) mass is 678 g/mol. The largest absolute Gasteiger partial charge is 0.456 e. The molecule has 0 N–H and O–H groups in total. The molecule has 0 saturated heterocycles. The van der Waals surface area contributed by atoms with E-state index in [1.54, 1.807) is 0 Å². The number of anilines is 3. The van der Waals surface area contributed by atoms with E-state index in [0.717, 1.165) is 66.8 Å². The number of nitrogens with zero attached hydrogens (tertiary/aromatic N) is 2. The van der Waals surface area contributed by atoms with Crippen molar-refractivity contribution in [3.63, 3.8) is 0 Å². The molecule has 0 aliphatic rings. The van der Waals surface area contributed by atoms with Crippen LogP contribution < -0.4 is 4.90 Å². The lowest BCUT2D eigenvalue weighted by molar-refractivity contribution is 0.620. The Kier molecular flexibility index (Phi) is 6.52. The van der Waals surface area contributed by atoms with Crippen molar-refractivity contribution in [2.24, 2.45) is 0 Å². The highest BCUT2D eigenvalue weighted by molar-refractivity contribution is 6.07. The van der Waals surface area contributed by atoms with Gasteiger partial charge in [-0.3, -0.25) is 0 Å². The Morgan fingerprint density at radius 3 is 1.64 bits per heavy atom. The Bertz CT molecular complexity index is 3160. The van der Waals surface area contributed by atoms with Gasteiger partial charge in [0.15, 0.2) is 5.58 Å². The van der Waals surface area contributed by atoms with Gasteiger partial charge in [0.1, 0.15) is 16.7 Å². The van der Waals surface area contributed by atoms with Crippen molar-refractivity contribution in [2.45, 2.75) is 0 Å². The van der Waals surface area contributed by atoms with Crippen LogP contribution in [0, 0.1) is 0 Å². The normalized spacial score (nSPS) is 11.8. The van der Waals surface area contributed by atoms with Crippen molar-refractivity contribution in [2.75, 3.05) is 4.90 Å². The number of benzene rings is 9. The molecule has 0 amide bonds. The summed E-state index contributed by atoms with van der Waals surface area (Å²) in [7, 11) is 0. The van der Waals surface area contributed by atoms with Crippen molar-refractivity contribution in [1.82, 2.24) is 4.98 Å². The molecule has 0 aliphatic carbocycles. The minimum absolute atomic E-state index is 0.621. The summed E-state index contributed by atoms with van der Waals surface area (Å²) in [5, 5.41) is 9.48. The number of aromatic nitrogens is 1. The number of fused-ring (bicyclic) bond motifs is 7. The molecule has 0 atom stereocenters. The van der Waals surface area contributed by atoms with Crippen LogP contribution in [0.15, 0.2) is 191 Å². The molecule has 2 aromatic heterocycles. The molecule has 53 heavy (non-hydrogen) atoms. The average Bonchev–Trinajstić information content (AvgIpc) is 3.81. The number of rotatable bonds is 5. The van der Waals surface area contributed by atoms with Crippen LogP contribution in [0.1, 0.15) is 0 Å². The van der Waals surface area contributed by atoms with Gasteiger partial charge >= 0.3 is 0 Å². The van der Waals surface area contributed by atoms with E-state index in [9.17, 15) is 0 Å². The summed E-state index contributed by atoms with van der Waals surface area (Å²) in [6.07, 6.45) is 0. The quantitative estimate of drug-likeness (QED) is 0.170. The van der Waals surface area contributed by atoms with E-state index in [2.05, 4.69) is 168 Å². The molecule has 0 saturated carbocycles. The van der Waals surface area contributed by atoms with Crippen molar-refractivity contribution in [3.05, 3.63) is 182 Å². The minimum atomic E-state index is 0.621. The Morgan fingerprint density at radius 1 is 0.340 bits per heavy atom. The molecule has 11 aromatic rings. The second kappa shape index (κ2) is 11.7. The summed E-state index contributed by atoms with van der Waals surface area (Å²) in [4.78, 5) is 6.99. The van der Waals surface area contributed by atoms with Crippen LogP contribution in [0.3, 0.4) is 0 Å². The maximum Gasteiger partial charge on any atom is 0.227 e. The first-order chi connectivity index (χ1) is 26.2. The molecule has 0 unspecified atom stereocenters. The molecule has 0 bridgehead atoms. The summed E-state index contributed by atoms with van der Waals surface area (Å²) in [5.74, 6) is 0.621. The number of hydrogen-bond donors (Lipinski definition) is 0. The molecular weight excluding hydrogens is 649 g/mol. The zero-order valence-electron chi connectivity index (χ0n) is 28.5. The zero-order chi connectivity index (χ0) is 34.9. The van der Waals surface area contributed by atoms with Crippen molar-refractivity contribution in [1.29, 1.82) is 0 Å². The molecule has 4 nitrogen and oxygen atoms in total. The van der Waals surface area contributed by atoms with Gasteiger partial charge in [-0.1, -0.05) is 91.0 Å². The topological polar surface area (TPSA) is 42.4 Å². The highest BCUT2D eigenvalue weighted by atomic mass is 16.3. The second-order valence-corrected chi connectivity index (χ2v) is 13.7. The average molecular weight is 679 g/mol. The van der Waals surface area contributed by atoms with Gasteiger partial charge in [-0.2, -0.15) is 0 Å². The third-order valence-corrected chi connectivity index (χ3v) is 10.4. The van der Waals surface area contributed by atoms with Crippen LogP contribution in [-0.4, -0.2) is 4.98 Å². The van der Waals surface area contributed by atoms with Crippen LogP contribution in [0.25, 0.3) is 87.9 Å². The number of hydrogen-bond acceptors (Lipinski definition) is 4. The first-order valence-corrected chi connectivity index (χ1v) is 17.8. The Labute approximate surface area is 304 Å². The van der Waals surface area contributed by atoms with Crippen LogP contribution >= 0.6 is 0 Å². The summed E-state index contributed by atoms with van der Waals surface area (Å²) < 4.78 is 12.6. The predicted molar refractivity (Wildman–Crippen MR) is 219 cm³/mol. The van der Waals surface area contributed by atoms with Gasteiger partial charge < -0.3 is 13.7 Å². The summed E-state index contributed by atoms with van der Waals surface area (Å²) in [6, 6.07) is 64.3. The number of oxazole rings is 1. The molecule has 0 aliphatic heterocycles. The number of para-hydroxylation sites is 2. The minimum Gasteiger partial charge on any atom is -0.456 e. The lowest BCUT2D eigenvalue weighted by Gasteiger charge is -2.26. The summed E-state index contributed by atoms with van der Waals surface area (Å²) >= 11 is 0. The van der Waals surface area contributed by atoms with Gasteiger partial charge in [0, 0.05) is 39.5 Å². The molecule has 4 heteroatoms. The van der Waals surface area contributed by atoms with Crippen LogP contribution in [0.5, 0.6) is 0 Å². The fourth-order valence-electron chi connectivity index (χ4n) is 7.71. The molecule has 9 aromatic carbocycles. The second-order valence-electron chi connectivity index (χ2n) is 13.7. The van der Waals surface area contributed by atoms with Gasteiger partial charge in [0.05, 0.1) is 0 Å². The van der Waals surface area contributed by atoms with Crippen molar-refractivity contribution >= 4 is 82.4 Å². The zero-order valence-corrected chi connectivity index (χ0v) is 28.5. The van der Waals surface area contributed by atoms with Crippen molar-refractivity contribution < 1.29 is 8.83 Å². The summed E-state index contributed by atoms with van der Waals surface area (Å²) in [5.41, 5.74) is 9.67. The van der Waals surface area contributed by atoms with E-state index >= 15 is 0 Å². The fraction of sp³-hybridized carbons (Fsp3) is 0. The van der Waals surface area contributed by atoms with Crippen LogP contribution in [-0.2, 0) is 0 Å². The molecule has 248 valence electrons. The van der Waals surface area contributed by atoms with Gasteiger partial charge in [0.25, 0.3) is 0 Å². The molecule has 0 spiro atoms. The van der Waals surface area contributed by atoms with E-state index < -0.39 is 0 Å². The predicted octanol–water partition coefficient (Wildman–Crippen LogP) is 14.0. The van der Waals surface area contributed by atoms with E-state index in [0.29, 0.717) is 5.89 Å². The highest BCUT2D eigenvalue weighted by Gasteiger charge is 2.17. The lowest BCUT2D eigenvalue weighted by atomic mass is 10.0. The molecule has 0 radical (unpaired) electrons. The maximum absolute atomic E-state index is 6.64. The van der Waals surface area contributed by atoms with E-state index in [-0.39, 0.29) is 0 Å². The Hall–Kier alpha value is -7.17. The van der Waals surface area contributed by atoms with E-state index in [4.69, 9.17) is 8.83 Å². The van der Waals surface area contributed by atoms with E-state index in [1.165, 1.54) is 32.3 Å². The fourth-order valence-corrected chi connectivity index (χ4v) is 7.71. The third kappa shape index (κ3) is 5.03. The highest BCUT2D eigenvalue weighted by Crippen LogP contribution is 2.41. The Morgan fingerprint density at radius 2 is 0.868 bits per heavy atom.